The summed E-state index contributed by atoms with van der Waals surface area (Å²) in [5.74, 6) is -0.255. The molecule has 1 saturated heterocycles. The van der Waals surface area contributed by atoms with Crippen LogP contribution in [0.3, 0.4) is 0 Å². The fourth-order valence-corrected chi connectivity index (χ4v) is 5.78. The van der Waals surface area contributed by atoms with Gasteiger partial charge in [-0.2, -0.15) is 4.31 Å². The van der Waals surface area contributed by atoms with Crippen LogP contribution in [0, 0.1) is 0 Å². The van der Waals surface area contributed by atoms with E-state index in [-0.39, 0.29) is 10.8 Å². The van der Waals surface area contributed by atoms with Crippen LogP contribution >= 0.6 is 0 Å². The van der Waals surface area contributed by atoms with Gasteiger partial charge >= 0.3 is 0 Å². The molecule has 5 rings (SSSR count). The molecule has 3 aromatic carbocycles. The number of morpholine rings is 1. The maximum Gasteiger partial charge on any atom is 0.248 e. The van der Waals surface area contributed by atoms with Gasteiger partial charge in [-0.25, -0.2) is 8.42 Å². The lowest BCUT2D eigenvalue weighted by molar-refractivity contribution is -0.111. The fraction of sp³-hybridized carbons (Fsp3) is 0.222. The van der Waals surface area contributed by atoms with Gasteiger partial charge in [0.05, 0.1) is 18.1 Å². The molecule has 1 fully saturated rings. The van der Waals surface area contributed by atoms with E-state index in [2.05, 4.69) is 34.5 Å². The standard InChI is InChI=1S/C27H27N3O4S/c31-27(14-7-21-5-12-25(13-6-21)35(32,33)29-17-19-34-20-18-29)28-23-8-10-24(11-9-23)30-16-15-22-3-1-2-4-26(22)30/h1-14H,15-20H2,(H,28,31)/b14-7+. The molecular formula is C27H27N3O4S. The average molecular weight is 490 g/mol. The molecule has 8 heteroatoms. The third-order valence-corrected chi connectivity index (χ3v) is 8.16. The summed E-state index contributed by atoms with van der Waals surface area (Å²) in [4.78, 5) is 14.9. The van der Waals surface area contributed by atoms with Crippen LogP contribution in [0.15, 0.2) is 83.8 Å². The molecule has 7 nitrogen and oxygen atoms in total. The smallest absolute Gasteiger partial charge is 0.248 e. The molecule has 180 valence electrons. The minimum atomic E-state index is -3.53. The molecule has 0 bridgehead atoms. The first-order valence-corrected chi connectivity index (χ1v) is 13.1. The number of benzene rings is 3. The minimum Gasteiger partial charge on any atom is -0.379 e. The quantitative estimate of drug-likeness (QED) is 0.529. The van der Waals surface area contributed by atoms with Crippen molar-refractivity contribution in [1.29, 1.82) is 0 Å². The van der Waals surface area contributed by atoms with E-state index in [0.717, 1.165) is 24.2 Å². The lowest BCUT2D eigenvalue weighted by Gasteiger charge is -2.26. The maximum absolute atomic E-state index is 12.7. The lowest BCUT2D eigenvalue weighted by Crippen LogP contribution is -2.40. The Morgan fingerprint density at radius 3 is 2.34 bits per heavy atom. The normalized spacial score (nSPS) is 16.4. The second-order valence-corrected chi connectivity index (χ2v) is 10.4. The molecule has 2 heterocycles. The van der Waals surface area contributed by atoms with Crippen molar-refractivity contribution in [2.45, 2.75) is 11.3 Å². The maximum atomic E-state index is 12.7. The molecule has 0 saturated carbocycles. The van der Waals surface area contributed by atoms with E-state index in [1.165, 1.54) is 21.6 Å². The summed E-state index contributed by atoms with van der Waals surface area (Å²) < 4.78 is 32.1. The summed E-state index contributed by atoms with van der Waals surface area (Å²) in [5, 5.41) is 2.87. The zero-order valence-electron chi connectivity index (χ0n) is 19.3. The molecule has 2 aliphatic rings. The molecule has 0 aliphatic carbocycles. The number of sulfonamides is 1. The number of para-hydroxylation sites is 1. The van der Waals surface area contributed by atoms with E-state index in [4.69, 9.17) is 4.74 Å². The molecule has 0 spiro atoms. The summed E-state index contributed by atoms with van der Waals surface area (Å²) in [6.07, 6.45) is 4.13. The van der Waals surface area contributed by atoms with Gasteiger partial charge in [0.2, 0.25) is 15.9 Å². The second-order valence-electron chi connectivity index (χ2n) is 8.49. The van der Waals surface area contributed by atoms with E-state index in [0.29, 0.717) is 32.0 Å². The van der Waals surface area contributed by atoms with Crippen LogP contribution in [0.25, 0.3) is 6.08 Å². The topological polar surface area (TPSA) is 79.0 Å². The van der Waals surface area contributed by atoms with Gasteiger partial charge in [-0.15, -0.1) is 0 Å². The zero-order chi connectivity index (χ0) is 24.3. The predicted molar refractivity (Wildman–Crippen MR) is 137 cm³/mol. The van der Waals surface area contributed by atoms with Crippen LogP contribution in [-0.4, -0.2) is 51.5 Å². The van der Waals surface area contributed by atoms with E-state index in [1.54, 1.807) is 30.3 Å². The number of amides is 1. The number of nitrogens with one attached hydrogen (secondary N) is 1. The first-order valence-electron chi connectivity index (χ1n) is 11.6. The van der Waals surface area contributed by atoms with Crippen molar-refractivity contribution in [3.8, 4) is 0 Å². The first-order chi connectivity index (χ1) is 17.0. The van der Waals surface area contributed by atoms with Crippen LogP contribution < -0.4 is 10.2 Å². The van der Waals surface area contributed by atoms with Crippen LogP contribution in [0.2, 0.25) is 0 Å². The molecule has 0 unspecified atom stereocenters. The summed E-state index contributed by atoms with van der Waals surface area (Å²) in [6, 6.07) is 22.7. The number of nitrogens with zero attached hydrogens (tertiary/aromatic N) is 2. The van der Waals surface area contributed by atoms with Crippen LogP contribution in [-0.2, 0) is 26.0 Å². The van der Waals surface area contributed by atoms with Gasteiger partial charge in [0, 0.05) is 42.8 Å². The molecule has 0 aromatic heterocycles. The van der Waals surface area contributed by atoms with Crippen molar-refractivity contribution in [2.24, 2.45) is 0 Å². The highest BCUT2D eigenvalue weighted by atomic mass is 32.2. The van der Waals surface area contributed by atoms with E-state index in [1.807, 2.05) is 24.3 Å². The van der Waals surface area contributed by atoms with Crippen molar-refractivity contribution in [2.75, 3.05) is 43.1 Å². The second kappa shape index (κ2) is 10.0. The molecule has 35 heavy (non-hydrogen) atoms. The van der Waals surface area contributed by atoms with E-state index >= 15 is 0 Å². The number of fused-ring (bicyclic) bond motifs is 1. The Bertz CT molecular complexity index is 1330. The van der Waals surface area contributed by atoms with Crippen LogP contribution in [0.1, 0.15) is 11.1 Å². The van der Waals surface area contributed by atoms with Gasteiger partial charge in [-0.3, -0.25) is 4.79 Å². The van der Waals surface area contributed by atoms with Gasteiger partial charge in [0.25, 0.3) is 0 Å². The van der Waals surface area contributed by atoms with Crippen molar-refractivity contribution in [3.63, 3.8) is 0 Å². The number of rotatable bonds is 6. The molecule has 0 radical (unpaired) electrons. The van der Waals surface area contributed by atoms with Gasteiger partial charge in [0.1, 0.15) is 0 Å². The Labute approximate surface area is 205 Å². The first kappa shape index (κ1) is 23.3. The average Bonchev–Trinajstić information content (AvgIpc) is 3.33. The zero-order valence-corrected chi connectivity index (χ0v) is 20.1. The number of anilines is 3. The van der Waals surface area contributed by atoms with Crippen LogP contribution in [0.5, 0.6) is 0 Å². The Kier molecular flexibility index (Phi) is 6.68. The van der Waals surface area contributed by atoms with E-state index in [9.17, 15) is 13.2 Å². The molecule has 0 atom stereocenters. The molecule has 2 aliphatic heterocycles. The number of hydrogen-bond donors (Lipinski definition) is 1. The SMILES string of the molecule is O=C(/C=C/c1ccc(S(=O)(=O)N2CCOCC2)cc1)Nc1ccc(N2CCc3ccccc32)cc1. The third-order valence-electron chi connectivity index (χ3n) is 6.25. The highest BCUT2D eigenvalue weighted by molar-refractivity contribution is 7.89. The summed E-state index contributed by atoms with van der Waals surface area (Å²) in [7, 11) is -3.53. The number of carbonyl (C=O) groups is 1. The lowest BCUT2D eigenvalue weighted by atomic mass is 10.2. The Morgan fingerprint density at radius 2 is 1.60 bits per heavy atom. The third kappa shape index (κ3) is 5.14. The largest absolute Gasteiger partial charge is 0.379 e. The van der Waals surface area contributed by atoms with Gasteiger partial charge in [-0.1, -0.05) is 30.3 Å². The highest BCUT2D eigenvalue weighted by Crippen LogP contribution is 2.34. The number of ether oxygens (including phenoxy) is 1. The number of hydrogen-bond acceptors (Lipinski definition) is 5. The van der Waals surface area contributed by atoms with Crippen molar-refractivity contribution < 1.29 is 17.9 Å². The Balaban J connectivity index is 1.19. The van der Waals surface area contributed by atoms with Gasteiger partial charge in [-0.05, 0) is 66.1 Å². The molecular weight excluding hydrogens is 462 g/mol. The van der Waals surface area contributed by atoms with Crippen molar-refractivity contribution in [3.05, 3.63) is 90.0 Å². The van der Waals surface area contributed by atoms with Gasteiger partial charge < -0.3 is 15.0 Å². The Morgan fingerprint density at radius 1 is 0.886 bits per heavy atom. The highest BCUT2D eigenvalue weighted by Gasteiger charge is 2.26. The minimum absolute atomic E-state index is 0.238. The molecule has 3 aromatic rings. The fourth-order valence-electron chi connectivity index (χ4n) is 4.37. The molecule has 1 N–H and O–H groups in total. The summed E-state index contributed by atoms with van der Waals surface area (Å²) in [6.45, 7) is 2.47. The monoisotopic (exact) mass is 489 g/mol. The Hall–Kier alpha value is -3.46. The summed E-state index contributed by atoms with van der Waals surface area (Å²) >= 11 is 0. The van der Waals surface area contributed by atoms with Gasteiger partial charge in [0.15, 0.2) is 0 Å². The van der Waals surface area contributed by atoms with Crippen molar-refractivity contribution >= 4 is 39.1 Å². The van der Waals surface area contributed by atoms with E-state index < -0.39 is 10.0 Å². The molecule has 1 amide bonds. The van der Waals surface area contributed by atoms with Crippen LogP contribution in [0.4, 0.5) is 17.1 Å². The van der Waals surface area contributed by atoms with Crippen molar-refractivity contribution in [1.82, 2.24) is 4.31 Å². The number of carbonyl (C=O) groups excluding carboxylic acids is 1. The predicted octanol–water partition coefficient (Wildman–Crippen LogP) is 4.05. The summed E-state index contributed by atoms with van der Waals surface area (Å²) in [5.41, 5.74) is 5.13.